The number of hydrogen-bond acceptors (Lipinski definition) is 5. The Kier molecular flexibility index (Phi) is 4.04. The largest absolute Gasteiger partial charge is 0.478 e. The van der Waals surface area contributed by atoms with Crippen molar-refractivity contribution in [1.82, 2.24) is 4.98 Å². The minimum atomic E-state index is -1.13. The van der Waals surface area contributed by atoms with Gasteiger partial charge in [0, 0.05) is 18.3 Å². The number of ether oxygens (including phenoxy) is 1. The van der Waals surface area contributed by atoms with Crippen LogP contribution in [0.25, 0.3) is 0 Å². The van der Waals surface area contributed by atoms with Crippen molar-refractivity contribution in [3.05, 3.63) is 56.9 Å². The standard InChI is InChI=1S/C13H9ClN2O5/c1-7-2-11(16(19)20)10(14)4-12(7)21-9-3-8(13(17)18)5-15-6-9/h2-6H,1H3,(H,17,18). The van der Waals surface area contributed by atoms with Gasteiger partial charge in [0.15, 0.2) is 0 Å². The lowest BCUT2D eigenvalue weighted by Gasteiger charge is -2.09. The van der Waals surface area contributed by atoms with E-state index in [9.17, 15) is 14.9 Å². The van der Waals surface area contributed by atoms with Crippen LogP contribution in [0.2, 0.25) is 5.02 Å². The predicted octanol–water partition coefficient (Wildman–Crippen LogP) is 3.44. The van der Waals surface area contributed by atoms with Crippen molar-refractivity contribution in [2.24, 2.45) is 0 Å². The van der Waals surface area contributed by atoms with Crippen LogP contribution >= 0.6 is 11.6 Å². The zero-order valence-electron chi connectivity index (χ0n) is 10.7. The quantitative estimate of drug-likeness (QED) is 0.685. The molecular weight excluding hydrogens is 300 g/mol. The lowest BCUT2D eigenvalue weighted by atomic mass is 10.2. The van der Waals surface area contributed by atoms with Crippen molar-refractivity contribution in [3.63, 3.8) is 0 Å². The zero-order chi connectivity index (χ0) is 15.6. The number of rotatable bonds is 4. The number of aryl methyl sites for hydroxylation is 1. The molecule has 0 aliphatic carbocycles. The first-order valence-corrected chi connectivity index (χ1v) is 6.07. The highest BCUT2D eigenvalue weighted by Crippen LogP contribution is 2.34. The molecule has 7 nitrogen and oxygen atoms in total. The Morgan fingerprint density at radius 1 is 1.38 bits per heavy atom. The van der Waals surface area contributed by atoms with Gasteiger partial charge in [0.1, 0.15) is 16.5 Å². The lowest BCUT2D eigenvalue weighted by Crippen LogP contribution is -1.98. The Labute approximate surface area is 123 Å². The van der Waals surface area contributed by atoms with Gasteiger partial charge in [-0.3, -0.25) is 15.1 Å². The SMILES string of the molecule is Cc1cc([N+](=O)[O-])c(Cl)cc1Oc1cncc(C(=O)O)c1. The van der Waals surface area contributed by atoms with Gasteiger partial charge < -0.3 is 9.84 Å². The van der Waals surface area contributed by atoms with Crippen molar-refractivity contribution in [2.45, 2.75) is 6.92 Å². The van der Waals surface area contributed by atoms with Crippen LogP contribution in [0.5, 0.6) is 11.5 Å². The van der Waals surface area contributed by atoms with Gasteiger partial charge in [-0.05, 0) is 18.6 Å². The van der Waals surface area contributed by atoms with Gasteiger partial charge in [0.05, 0.1) is 16.7 Å². The van der Waals surface area contributed by atoms with Gasteiger partial charge in [0.25, 0.3) is 5.69 Å². The first-order chi connectivity index (χ1) is 9.88. The van der Waals surface area contributed by atoms with E-state index < -0.39 is 10.9 Å². The second-order valence-corrected chi connectivity index (χ2v) is 4.55. The van der Waals surface area contributed by atoms with E-state index in [0.29, 0.717) is 5.56 Å². The number of carboxylic acid groups (broad SMARTS) is 1. The van der Waals surface area contributed by atoms with E-state index in [4.69, 9.17) is 21.4 Å². The molecule has 108 valence electrons. The van der Waals surface area contributed by atoms with E-state index in [1.54, 1.807) is 6.92 Å². The third kappa shape index (κ3) is 3.26. The monoisotopic (exact) mass is 308 g/mol. The minimum Gasteiger partial charge on any atom is -0.478 e. The van der Waals surface area contributed by atoms with Crippen LogP contribution < -0.4 is 4.74 Å². The predicted molar refractivity (Wildman–Crippen MR) is 74.1 cm³/mol. The molecule has 0 unspecified atom stereocenters. The number of hydrogen-bond donors (Lipinski definition) is 1. The maximum Gasteiger partial charge on any atom is 0.337 e. The number of aromatic nitrogens is 1. The third-order valence-corrected chi connectivity index (χ3v) is 2.93. The molecule has 0 saturated heterocycles. The van der Waals surface area contributed by atoms with Gasteiger partial charge >= 0.3 is 5.97 Å². The van der Waals surface area contributed by atoms with Gasteiger partial charge in [0.2, 0.25) is 0 Å². The van der Waals surface area contributed by atoms with Crippen molar-refractivity contribution < 1.29 is 19.6 Å². The Hall–Kier alpha value is -2.67. The molecule has 0 bridgehead atoms. The normalized spacial score (nSPS) is 10.2. The molecule has 0 spiro atoms. The number of carboxylic acids is 1. The Balaban J connectivity index is 2.36. The van der Waals surface area contributed by atoms with Crippen LogP contribution in [0.4, 0.5) is 5.69 Å². The molecule has 21 heavy (non-hydrogen) atoms. The maximum atomic E-state index is 10.9. The van der Waals surface area contributed by atoms with Gasteiger partial charge in [-0.1, -0.05) is 11.6 Å². The molecule has 2 rings (SSSR count). The Morgan fingerprint density at radius 3 is 2.71 bits per heavy atom. The van der Waals surface area contributed by atoms with E-state index >= 15 is 0 Å². The summed E-state index contributed by atoms with van der Waals surface area (Å²) in [5.74, 6) is -0.649. The fraction of sp³-hybridized carbons (Fsp3) is 0.0769. The average molecular weight is 309 g/mol. The molecular formula is C13H9ClN2O5. The molecule has 0 radical (unpaired) electrons. The summed E-state index contributed by atoms with van der Waals surface area (Å²) < 4.78 is 5.48. The number of pyridine rings is 1. The van der Waals surface area contributed by atoms with Crippen molar-refractivity contribution in [3.8, 4) is 11.5 Å². The fourth-order valence-corrected chi connectivity index (χ4v) is 1.84. The topological polar surface area (TPSA) is 103 Å². The zero-order valence-corrected chi connectivity index (χ0v) is 11.5. The summed E-state index contributed by atoms with van der Waals surface area (Å²) in [5.41, 5.74) is 0.240. The van der Waals surface area contributed by atoms with Crippen molar-refractivity contribution in [1.29, 1.82) is 0 Å². The molecule has 1 aromatic heterocycles. The number of aromatic carboxylic acids is 1. The van der Waals surface area contributed by atoms with Crippen LogP contribution in [0.3, 0.4) is 0 Å². The van der Waals surface area contributed by atoms with Gasteiger partial charge in [-0.15, -0.1) is 0 Å². The number of nitro groups is 1. The summed E-state index contributed by atoms with van der Waals surface area (Å²) in [6, 6.07) is 3.89. The second kappa shape index (κ2) is 5.76. The average Bonchev–Trinajstić information content (AvgIpc) is 2.42. The maximum absolute atomic E-state index is 10.9. The summed E-state index contributed by atoms with van der Waals surface area (Å²) in [4.78, 5) is 24.8. The molecule has 2 aromatic rings. The molecule has 1 heterocycles. The molecule has 0 saturated carbocycles. The van der Waals surface area contributed by atoms with E-state index in [0.717, 1.165) is 0 Å². The van der Waals surface area contributed by atoms with Crippen LogP contribution in [0.15, 0.2) is 30.6 Å². The fourth-order valence-electron chi connectivity index (χ4n) is 1.62. The lowest BCUT2D eigenvalue weighted by molar-refractivity contribution is -0.384. The van der Waals surface area contributed by atoms with E-state index in [1.807, 2.05) is 0 Å². The highest BCUT2D eigenvalue weighted by atomic mass is 35.5. The number of carbonyl (C=O) groups is 1. The summed E-state index contributed by atoms with van der Waals surface area (Å²) >= 11 is 5.81. The molecule has 8 heteroatoms. The summed E-state index contributed by atoms with van der Waals surface area (Å²) in [7, 11) is 0. The molecule has 0 aliphatic heterocycles. The molecule has 0 fully saturated rings. The molecule has 0 aliphatic rings. The Morgan fingerprint density at radius 2 is 2.10 bits per heavy atom. The number of nitrogens with zero attached hydrogens (tertiary/aromatic N) is 2. The first-order valence-electron chi connectivity index (χ1n) is 5.69. The van der Waals surface area contributed by atoms with Gasteiger partial charge in [-0.2, -0.15) is 0 Å². The number of nitro benzene ring substituents is 1. The minimum absolute atomic E-state index is 0.0295. The Bertz CT molecular complexity index is 732. The summed E-state index contributed by atoms with van der Waals surface area (Å²) in [6.07, 6.45) is 2.52. The third-order valence-electron chi connectivity index (χ3n) is 2.63. The highest BCUT2D eigenvalue weighted by Gasteiger charge is 2.16. The number of halogens is 1. The molecule has 1 N–H and O–H groups in total. The van der Waals surface area contributed by atoms with Crippen molar-refractivity contribution >= 4 is 23.3 Å². The second-order valence-electron chi connectivity index (χ2n) is 4.14. The van der Waals surface area contributed by atoms with Crippen LogP contribution in [0.1, 0.15) is 15.9 Å². The summed E-state index contributed by atoms with van der Waals surface area (Å²) in [6.45, 7) is 1.62. The van der Waals surface area contributed by atoms with Crippen molar-refractivity contribution in [2.75, 3.05) is 0 Å². The van der Waals surface area contributed by atoms with E-state index in [2.05, 4.69) is 4.98 Å². The van der Waals surface area contributed by atoms with Gasteiger partial charge in [-0.25, -0.2) is 4.79 Å². The van der Waals surface area contributed by atoms with E-state index in [1.165, 1.54) is 30.6 Å². The van der Waals surface area contributed by atoms with Crippen LogP contribution in [-0.2, 0) is 0 Å². The van der Waals surface area contributed by atoms with Crippen LogP contribution in [0, 0.1) is 17.0 Å². The molecule has 0 amide bonds. The highest BCUT2D eigenvalue weighted by molar-refractivity contribution is 6.32. The summed E-state index contributed by atoms with van der Waals surface area (Å²) in [5, 5.41) is 19.6. The number of benzene rings is 1. The van der Waals surface area contributed by atoms with E-state index in [-0.39, 0.29) is 27.8 Å². The molecule has 1 aromatic carbocycles. The molecule has 0 atom stereocenters. The van der Waals surface area contributed by atoms with Crippen LogP contribution in [-0.4, -0.2) is 21.0 Å². The smallest absolute Gasteiger partial charge is 0.337 e. The first kappa shape index (κ1) is 14.7.